The zero-order valence-corrected chi connectivity index (χ0v) is 56.6. The van der Waals surface area contributed by atoms with E-state index in [0.29, 0.717) is 11.6 Å². The van der Waals surface area contributed by atoms with Crippen LogP contribution in [0.3, 0.4) is 0 Å². The number of aryl methyl sites for hydroxylation is 2. The number of rotatable bonds is 40. The summed E-state index contributed by atoms with van der Waals surface area (Å²) in [5, 5.41) is 4.63. The molecule has 0 saturated carbocycles. The van der Waals surface area contributed by atoms with Gasteiger partial charge >= 0.3 is 0 Å². The first-order chi connectivity index (χ1) is 43.4. The van der Waals surface area contributed by atoms with Crippen LogP contribution >= 0.6 is 0 Å². The number of aromatic amines is 2. The molecule has 4 aromatic carbocycles. The maximum Gasteiger partial charge on any atom is 0.165 e. The molecule has 5 heterocycles. The highest BCUT2D eigenvalue weighted by molar-refractivity contribution is 6.10. The van der Waals surface area contributed by atoms with E-state index in [2.05, 4.69) is 114 Å². The monoisotopic (exact) mass is 1190 g/mol. The van der Waals surface area contributed by atoms with Crippen molar-refractivity contribution in [2.45, 2.75) is 312 Å². The maximum atomic E-state index is 6.26. The Morgan fingerprint density at radius 3 is 0.830 bits per heavy atom. The Kier molecular flexibility index (Phi) is 26.5. The summed E-state index contributed by atoms with van der Waals surface area (Å²) in [6.45, 7) is 18.8. The first kappa shape index (κ1) is 66.7. The number of unbranched alkanes of at least 4 members (excludes halogenated alkanes) is 24. The Morgan fingerprint density at radius 2 is 0.489 bits per heavy atom. The topological polar surface area (TPSA) is 109 Å². The van der Waals surface area contributed by atoms with Crippen molar-refractivity contribution in [2.75, 3.05) is 0 Å². The van der Waals surface area contributed by atoms with Gasteiger partial charge in [-0.2, -0.15) is 0 Å². The SMILES string of the molecule is CCCCCCc1c(CCCCCC)c(CCCCCC)c2c(c1CCCCCC)-c1nc-2nc2[nH]c(nc3nc(nc4[nH]c(n1)c1ccccc41)-c1ccccc1-3)c1c(CCCCCC)c(CCCCCC)c(CCCCCC)c(CCCCCC)c21. The molecule has 9 rings (SSSR count). The van der Waals surface area contributed by atoms with Crippen LogP contribution in [0.5, 0.6) is 0 Å². The number of nitrogens with zero attached hydrogens (tertiary/aromatic N) is 6. The van der Waals surface area contributed by atoms with Crippen molar-refractivity contribution >= 4 is 44.1 Å². The molecule has 8 nitrogen and oxygen atoms in total. The van der Waals surface area contributed by atoms with Gasteiger partial charge in [-0.1, -0.05) is 258 Å². The Bertz CT molecular complexity index is 3500. The second-order valence-electron chi connectivity index (χ2n) is 26.5. The summed E-state index contributed by atoms with van der Waals surface area (Å²) in [5.74, 6) is 3.00. The van der Waals surface area contributed by atoms with Crippen molar-refractivity contribution in [3.63, 3.8) is 0 Å². The third-order valence-electron chi connectivity index (χ3n) is 19.7. The van der Waals surface area contributed by atoms with E-state index in [-0.39, 0.29) is 0 Å². The fraction of sp³-hybridized carbons (Fsp3) is 0.600. The predicted octanol–water partition coefficient (Wildman–Crippen LogP) is 23.9. The summed E-state index contributed by atoms with van der Waals surface area (Å²) < 4.78 is 0. The molecular formula is C80H114N8. The zero-order chi connectivity index (χ0) is 61.5. The lowest BCUT2D eigenvalue weighted by atomic mass is 9.79. The van der Waals surface area contributed by atoms with E-state index in [1.807, 2.05) is 0 Å². The van der Waals surface area contributed by atoms with Crippen molar-refractivity contribution < 1.29 is 0 Å². The van der Waals surface area contributed by atoms with Gasteiger partial charge in [-0.05, 0) is 147 Å². The Morgan fingerprint density at radius 1 is 0.239 bits per heavy atom. The number of hydrogen-bond acceptors (Lipinski definition) is 6. The molecule has 0 spiro atoms. The van der Waals surface area contributed by atoms with Gasteiger partial charge < -0.3 is 9.97 Å². The van der Waals surface area contributed by atoms with Gasteiger partial charge in [0.2, 0.25) is 0 Å². The maximum absolute atomic E-state index is 6.26. The van der Waals surface area contributed by atoms with Gasteiger partial charge in [0.1, 0.15) is 22.6 Å². The van der Waals surface area contributed by atoms with Crippen molar-refractivity contribution in [1.82, 2.24) is 39.9 Å². The van der Waals surface area contributed by atoms with Crippen LogP contribution < -0.4 is 0 Å². The lowest BCUT2D eigenvalue weighted by Gasteiger charge is -2.24. The molecule has 474 valence electrons. The molecule has 0 amide bonds. The van der Waals surface area contributed by atoms with E-state index < -0.39 is 0 Å². The van der Waals surface area contributed by atoms with Crippen molar-refractivity contribution in [3.05, 3.63) is 93.0 Å². The van der Waals surface area contributed by atoms with E-state index in [1.54, 1.807) is 22.3 Å². The van der Waals surface area contributed by atoms with Crippen LogP contribution in [-0.4, -0.2) is 39.9 Å². The molecule has 2 aliphatic heterocycles. The number of aromatic nitrogens is 8. The Hall–Kier alpha value is -5.76. The number of nitrogens with one attached hydrogen (secondary N) is 2. The lowest BCUT2D eigenvalue weighted by Crippen LogP contribution is -2.11. The fourth-order valence-corrected chi connectivity index (χ4v) is 14.9. The van der Waals surface area contributed by atoms with E-state index in [4.69, 9.17) is 29.9 Å². The van der Waals surface area contributed by atoms with Crippen LogP contribution in [0.2, 0.25) is 0 Å². The van der Waals surface area contributed by atoms with Gasteiger partial charge in [0.25, 0.3) is 0 Å². The van der Waals surface area contributed by atoms with Crippen LogP contribution in [-0.2, 0) is 51.4 Å². The van der Waals surface area contributed by atoms with Crippen molar-refractivity contribution in [3.8, 4) is 45.6 Å². The lowest BCUT2D eigenvalue weighted by molar-refractivity contribution is 0.632. The van der Waals surface area contributed by atoms with Crippen molar-refractivity contribution in [1.29, 1.82) is 0 Å². The normalized spacial score (nSPS) is 12.1. The summed E-state index contributed by atoms with van der Waals surface area (Å²) in [4.78, 5) is 43.1. The molecular weight excluding hydrogens is 1070 g/mol. The summed E-state index contributed by atoms with van der Waals surface area (Å²) in [6.07, 6.45) is 47.8. The van der Waals surface area contributed by atoms with E-state index in [9.17, 15) is 0 Å². The smallest absolute Gasteiger partial charge is 0.165 e. The molecule has 2 aliphatic rings. The van der Waals surface area contributed by atoms with E-state index >= 15 is 0 Å². The average Bonchev–Trinajstić information content (AvgIpc) is 1.57. The van der Waals surface area contributed by atoms with Crippen LogP contribution in [0.15, 0.2) is 48.5 Å². The van der Waals surface area contributed by atoms with Gasteiger partial charge in [0, 0.05) is 43.8 Å². The van der Waals surface area contributed by atoms with E-state index in [1.165, 1.54) is 224 Å². The molecule has 0 fully saturated rings. The standard InChI is InChI=1S/C80H114N8/c1-9-17-25-33-45-57-59(47-35-27-19-11-3)63(51-39-31-23-15-7)71-69(61(57)49-37-29-21-13-5)77-84-75-67-55-43-41-53-65(67)73(82-75)81-74-66-54-42-44-56-68(66)76(83-74)85-78-70-62(50-38-30-22-14-6)58(46-34-26-18-10-2)60(48-36-28-20-12-4)64(52-40-32-24-16-8)72(70)80(87-78)88-79(71)86-77/h41-44,53-56H,9-40,45-52H2,1-8H3,(H2,81,82,83,84,85,86,87,88). The molecule has 0 unspecified atom stereocenters. The van der Waals surface area contributed by atoms with Gasteiger partial charge in [-0.3, -0.25) is 0 Å². The molecule has 7 aromatic rings. The van der Waals surface area contributed by atoms with Gasteiger partial charge in [-0.15, -0.1) is 0 Å². The minimum atomic E-state index is 0.670. The first-order valence-electron chi connectivity index (χ1n) is 36.8. The molecule has 88 heavy (non-hydrogen) atoms. The molecule has 2 N–H and O–H groups in total. The average molecular weight is 1190 g/mol. The van der Waals surface area contributed by atoms with E-state index in [0.717, 1.165) is 133 Å². The van der Waals surface area contributed by atoms with Crippen molar-refractivity contribution in [2.24, 2.45) is 0 Å². The summed E-state index contributed by atoms with van der Waals surface area (Å²) in [7, 11) is 0. The van der Waals surface area contributed by atoms with Gasteiger partial charge in [0.05, 0.1) is 0 Å². The largest absolute Gasteiger partial charge is 0.324 e. The second kappa shape index (κ2) is 35.0. The fourth-order valence-electron chi connectivity index (χ4n) is 14.9. The zero-order valence-electron chi connectivity index (χ0n) is 56.6. The molecule has 0 atom stereocenters. The molecule has 0 aliphatic carbocycles. The minimum Gasteiger partial charge on any atom is -0.324 e. The molecule has 0 saturated heterocycles. The summed E-state index contributed by atoms with van der Waals surface area (Å²) >= 11 is 0. The highest BCUT2D eigenvalue weighted by atomic mass is 15.1. The van der Waals surface area contributed by atoms with Crippen LogP contribution in [0.25, 0.3) is 89.7 Å². The second-order valence-corrected chi connectivity index (χ2v) is 26.5. The summed E-state index contributed by atoms with van der Waals surface area (Å²) in [6, 6.07) is 17.3. The van der Waals surface area contributed by atoms with Crippen LogP contribution in [0.4, 0.5) is 0 Å². The first-order valence-corrected chi connectivity index (χ1v) is 36.8. The minimum absolute atomic E-state index is 0.670. The molecule has 0 radical (unpaired) electrons. The number of hydrogen-bond donors (Lipinski definition) is 2. The Labute approximate surface area is 532 Å². The van der Waals surface area contributed by atoms with Gasteiger partial charge in [0.15, 0.2) is 23.3 Å². The quantitative estimate of drug-likeness (QED) is 0.0370. The highest BCUT2D eigenvalue weighted by Gasteiger charge is 2.33. The molecule has 8 bridgehead atoms. The third kappa shape index (κ3) is 16.2. The van der Waals surface area contributed by atoms with Crippen LogP contribution in [0, 0.1) is 0 Å². The highest BCUT2D eigenvalue weighted by Crippen LogP contribution is 2.47. The molecule has 3 aromatic heterocycles. The number of benzene rings is 4. The number of fused-ring (bicyclic) bond motifs is 20. The third-order valence-corrected chi connectivity index (χ3v) is 19.7. The number of H-pyrrole nitrogens is 2. The molecule has 8 heteroatoms. The summed E-state index contributed by atoms with van der Waals surface area (Å²) in [5.41, 5.74) is 20.4. The Balaban J connectivity index is 1.51. The predicted molar refractivity (Wildman–Crippen MR) is 379 cm³/mol. The van der Waals surface area contributed by atoms with Gasteiger partial charge in [-0.25, -0.2) is 29.9 Å². The van der Waals surface area contributed by atoms with Crippen LogP contribution in [0.1, 0.15) is 305 Å².